The lowest BCUT2D eigenvalue weighted by Crippen LogP contribution is -2.32. The van der Waals surface area contributed by atoms with E-state index < -0.39 is 23.1 Å². The first kappa shape index (κ1) is 15.9. The van der Waals surface area contributed by atoms with Crippen molar-refractivity contribution in [1.82, 2.24) is 5.32 Å². The van der Waals surface area contributed by atoms with E-state index in [1.807, 2.05) is 0 Å². The standard InChI is InChI=1S/C14H18FNO4/c1-14(2,13(18)19)7-8-16-12(17)11-9(15)5-4-6-10(11)20-3/h4-6H,7-8H2,1-3H3,(H,16,17)(H,18,19). The van der Waals surface area contributed by atoms with E-state index in [1.54, 1.807) is 13.8 Å². The van der Waals surface area contributed by atoms with E-state index in [0.717, 1.165) is 0 Å². The summed E-state index contributed by atoms with van der Waals surface area (Å²) in [7, 11) is 1.35. The number of nitrogens with one attached hydrogen (secondary N) is 1. The van der Waals surface area contributed by atoms with Crippen LogP contribution in [-0.4, -0.2) is 30.6 Å². The molecule has 0 aliphatic heterocycles. The van der Waals surface area contributed by atoms with Gasteiger partial charge in [0.2, 0.25) is 0 Å². The molecule has 0 fully saturated rings. The van der Waals surface area contributed by atoms with Crippen molar-refractivity contribution in [3.05, 3.63) is 29.6 Å². The Kier molecular flexibility index (Phi) is 5.07. The van der Waals surface area contributed by atoms with Crippen molar-refractivity contribution in [1.29, 1.82) is 0 Å². The highest BCUT2D eigenvalue weighted by Crippen LogP contribution is 2.22. The molecule has 2 N–H and O–H groups in total. The number of carboxylic acid groups (broad SMARTS) is 1. The minimum Gasteiger partial charge on any atom is -0.496 e. The van der Waals surface area contributed by atoms with Gasteiger partial charge in [-0.15, -0.1) is 0 Å². The molecule has 0 radical (unpaired) electrons. The normalized spacial score (nSPS) is 11.0. The van der Waals surface area contributed by atoms with Crippen LogP contribution in [0.15, 0.2) is 18.2 Å². The van der Waals surface area contributed by atoms with Crippen LogP contribution in [0.4, 0.5) is 4.39 Å². The second-order valence-electron chi connectivity index (χ2n) is 5.01. The maximum atomic E-state index is 13.6. The molecule has 20 heavy (non-hydrogen) atoms. The van der Waals surface area contributed by atoms with Gasteiger partial charge in [-0.1, -0.05) is 6.07 Å². The maximum Gasteiger partial charge on any atom is 0.309 e. The Balaban J connectivity index is 2.72. The average Bonchev–Trinajstić information content (AvgIpc) is 2.37. The van der Waals surface area contributed by atoms with Crippen molar-refractivity contribution < 1.29 is 23.8 Å². The molecule has 0 spiro atoms. The van der Waals surface area contributed by atoms with Crippen LogP contribution in [0.5, 0.6) is 5.75 Å². The highest BCUT2D eigenvalue weighted by atomic mass is 19.1. The molecule has 1 rings (SSSR count). The Bertz CT molecular complexity index is 514. The van der Waals surface area contributed by atoms with Gasteiger partial charge in [0.25, 0.3) is 5.91 Å². The lowest BCUT2D eigenvalue weighted by atomic mass is 9.90. The van der Waals surface area contributed by atoms with Crippen LogP contribution >= 0.6 is 0 Å². The molecule has 0 aromatic heterocycles. The molecule has 0 atom stereocenters. The predicted octanol–water partition coefficient (Wildman–Crippen LogP) is 2.06. The Morgan fingerprint density at radius 3 is 2.60 bits per heavy atom. The van der Waals surface area contributed by atoms with Crippen LogP contribution in [0, 0.1) is 11.2 Å². The summed E-state index contributed by atoms with van der Waals surface area (Å²) < 4.78 is 18.6. The number of amides is 1. The number of rotatable bonds is 6. The summed E-state index contributed by atoms with van der Waals surface area (Å²) in [4.78, 5) is 22.9. The fourth-order valence-electron chi connectivity index (χ4n) is 1.58. The molecule has 1 aromatic rings. The maximum absolute atomic E-state index is 13.6. The third kappa shape index (κ3) is 3.69. The monoisotopic (exact) mass is 283 g/mol. The smallest absolute Gasteiger partial charge is 0.309 e. The number of carboxylic acids is 1. The fraction of sp³-hybridized carbons (Fsp3) is 0.429. The first-order valence-corrected chi connectivity index (χ1v) is 6.13. The number of hydrogen-bond donors (Lipinski definition) is 2. The molecule has 0 bridgehead atoms. The van der Waals surface area contributed by atoms with Gasteiger partial charge in [0.1, 0.15) is 17.1 Å². The van der Waals surface area contributed by atoms with Gasteiger partial charge in [0, 0.05) is 6.54 Å². The van der Waals surface area contributed by atoms with Crippen LogP contribution in [0.2, 0.25) is 0 Å². The van der Waals surface area contributed by atoms with E-state index in [1.165, 1.54) is 25.3 Å². The first-order valence-electron chi connectivity index (χ1n) is 6.13. The van der Waals surface area contributed by atoms with Crippen LogP contribution in [0.25, 0.3) is 0 Å². The minimum absolute atomic E-state index is 0.135. The molecule has 5 nitrogen and oxygen atoms in total. The number of carbonyl (C=O) groups is 2. The molecule has 0 aliphatic rings. The molecule has 6 heteroatoms. The summed E-state index contributed by atoms with van der Waals surface area (Å²) in [6.45, 7) is 3.26. The van der Waals surface area contributed by atoms with Gasteiger partial charge in [0.05, 0.1) is 12.5 Å². The van der Waals surface area contributed by atoms with Crippen molar-refractivity contribution in [2.75, 3.05) is 13.7 Å². The number of halogens is 1. The minimum atomic E-state index is -0.952. The molecule has 110 valence electrons. The van der Waals surface area contributed by atoms with Gasteiger partial charge in [0.15, 0.2) is 0 Å². The second kappa shape index (κ2) is 6.36. The Hall–Kier alpha value is -2.11. The van der Waals surface area contributed by atoms with Gasteiger partial charge < -0.3 is 15.2 Å². The topological polar surface area (TPSA) is 75.6 Å². The van der Waals surface area contributed by atoms with E-state index in [9.17, 15) is 14.0 Å². The van der Waals surface area contributed by atoms with Gasteiger partial charge in [-0.05, 0) is 32.4 Å². The van der Waals surface area contributed by atoms with Crippen molar-refractivity contribution >= 4 is 11.9 Å². The quantitative estimate of drug-likeness (QED) is 0.838. The first-order chi connectivity index (χ1) is 9.29. The number of carbonyl (C=O) groups excluding carboxylic acids is 1. The van der Waals surface area contributed by atoms with Crippen molar-refractivity contribution in [3.8, 4) is 5.75 Å². The summed E-state index contributed by atoms with van der Waals surface area (Å²) in [5.74, 6) is -2.12. The Morgan fingerprint density at radius 1 is 1.40 bits per heavy atom. The van der Waals surface area contributed by atoms with Gasteiger partial charge >= 0.3 is 5.97 Å². The number of hydrogen-bond acceptors (Lipinski definition) is 3. The third-order valence-corrected chi connectivity index (χ3v) is 3.04. The van der Waals surface area contributed by atoms with Crippen LogP contribution in [0.1, 0.15) is 30.6 Å². The predicted molar refractivity (Wildman–Crippen MR) is 71.3 cm³/mol. The summed E-state index contributed by atoms with van der Waals surface area (Å²) in [5, 5.41) is 11.5. The zero-order chi connectivity index (χ0) is 15.3. The van der Waals surface area contributed by atoms with E-state index in [0.29, 0.717) is 0 Å². The molecule has 0 heterocycles. The highest BCUT2D eigenvalue weighted by Gasteiger charge is 2.27. The van der Waals surface area contributed by atoms with Crippen molar-refractivity contribution in [2.24, 2.45) is 5.41 Å². The Morgan fingerprint density at radius 2 is 2.05 bits per heavy atom. The van der Waals surface area contributed by atoms with Gasteiger partial charge in [-0.3, -0.25) is 9.59 Å². The summed E-state index contributed by atoms with van der Waals surface area (Å²) >= 11 is 0. The molecular formula is C14H18FNO4. The van der Waals surface area contributed by atoms with Crippen LogP contribution in [-0.2, 0) is 4.79 Å². The van der Waals surface area contributed by atoms with Crippen molar-refractivity contribution in [3.63, 3.8) is 0 Å². The highest BCUT2D eigenvalue weighted by molar-refractivity contribution is 5.97. The molecular weight excluding hydrogens is 265 g/mol. The number of benzene rings is 1. The largest absolute Gasteiger partial charge is 0.496 e. The molecule has 0 unspecified atom stereocenters. The van der Waals surface area contributed by atoms with E-state index in [-0.39, 0.29) is 24.3 Å². The fourth-order valence-corrected chi connectivity index (χ4v) is 1.58. The summed E-state index contributed by atoms with van der Waals surface area (Å²) in [6, 6.07) is 4.09. The molecule has 1 amide bonds. The lowest BCUT2D eigenvalue weighted by molar-refractivity contribution is -0.147. The number of aliphatic carboxylic acids is 1. The van der Waals surface area contributed by atoms with E-state index in [4.69, 9.17) is 9.84 Å². The van der Waals surface area contributed by atoms with Gasteiger partial charge in [-0.2, -0.15) is 0 Å². The zero-order valence-corrected chi connectivity index (χ0v) is 11.7. The molecule has 0 saturated carbocycles. The van der Waals surface area contributed by atoms with E-state index >= 15 is 0 Å². The Labute approximate surface area is 116 Å². The van der Waals surface area contributed by atoms with Crippen molar-refractivity contribution in [2.45, 2.75) is 20.3 Å². The van der Waals surface area contributed by atoms with Crippen LogP contribution < -0.4 is 10.1 Å². The summed E-state index contributed by atoms with van der Waals surface area (Å²) in [6.07, 6.45) is 0.241. The SMILES string of the molecule is COc1cccc(F)c1C(=O)NCCC(C)(C)C(=O)O. The molecule has 0 saturated heterocycles. The molecule has 0 aliphatic carbocycles. The lowest BCUT2D eigenvalue weighted by Gasteiger charge is -2.19. The van der Waals surface area contributed by atoms with Crippen LogP contribution in [0.3, 0.4) is 0 Å². The summed E-state index contributed by atoms with van der Waals surface area (Å²) in [5.41, 5.74) is -1.13. The zero-order valence-electron chi connectivity index (χ0n) is 11.7. The third-order valence-electron chi connectivity index (χ3n) is 3.04. The number of ether oxygens (including phenoxy) is 1. The average molecular weight is 283 g/mol. The van der Waals surface area contributed by atoms with E-state index in [2.05, 4.69) is 5.32 Å². The number of methoxy groups -OCH3 is 1. The molecule has 1 aromatic carbocycles. The second-order valence-corrected chi connectivity index (χ2v) is 5.01. The van der Waals surface area contributed by atoms with Gasteiger partial charge in [-0.25, -0.2) is 4.39 Å².